The first-order chi connectivity index (χ1) is 7.29. The lowest BCUT2D eigenvalue weighted by atomic mass is 10.0. The van der Waals surface area contributed by atoms with Gasteiger partial charge in [0, 0.05) is 25.2 Å². The molecule has 0 aromatic carbocycles. The molecule has 1 saturated heterocycles. The Bertz CT molecular complexity index is 313. The molecule has 2 nitrogen and oxygen atoms in total. The van der Waals surface area contributed by atoms with Crippen molar-refractivity contribution < 1.29 is 0 Å². The molecule has 1 aliphatic rings. The summed E-state index contributed by atoms with van der Waals surface area (Å²) < 4.78 is 0. The predicted octanol–water partition coefficient (Wildman–Crippen LogP) is 3.19. The molecule has 2 rings (SSSR count). The maximum Gasteiger partial charge on any atom is 0.128 e. The zero-order valence-corrected chi connectivity index (χ0v) is 10.0. The number of halogens is 2. The number of alkyl halides is 1. The van der Waals surface area contributed by atoms with Crippen LogP contribution in [0.3, 0.4) is 0 Å². The van der Waals surface area contributed by atoms with E-state index in [2.05, 4.69) is 9.88 Å². The summed E-state index contributed by atoms with van der Waals surface area (Å²) in [6, 6.07) is 3.85. The zero-order chi connectivity index (χ0) is 10.7. The fourth-order valence-electron chi connectivity index (χ4n) is 1.95. The van der Waals surface area contributed by atoms with E-state index in [0.29, 0.717) is 10.9 Å². The maximum absolute atomic E-state index is 5.89. The Kier molecular flexibility index (Phi) is 3.71. The second kappa shape index (κ2) is 5.04. The quantitative estimate of drug-likeness (QED) is 0.744. The number of rotatable bonds is 2. The molecule has 4 heteroatoms. The van der Waals surface area contributed by atoms with Crippen molar-refractivity contribution in [3.63, 3.8) is 0 Å². The van der Waals surface area contributed by atoms with Gasteiger partial charge in [0.15, 0.2) is 0 Å². The van der Waals surface area contributed by atoms with Crippen LogP contribution in [0.25, 0.3) is 0 Å². The van der Waals surface area contributed by atoms with Gasteiger partial charge in [-0.2, -0.15) is 0 Å². The summed E-state index contributed by atoms with van der Waals surface area (Å²) >= 11 is 11.7. The van der Waals surface area contributed by atoms with E-state index in [4.69, 9.17) is 23.2 Å². The molecule has 82 valence electrons. The Hall–Kier alpha value is -0.470. The van der Waals surface area contributed by atoms with E-state index in [0.717, 1.165) is 24.8 Å². The summed E-state index contributed by atoms with van der Waals surface area (Å²) in [5.74, 6) is 2.34. The average Bonchev–Trinajstić information content (AvgIpc) is 2.30. The van der Waals surface area contributed by atoms with Crippen LogP contribution < -0.4 is 4.90 Å². The van der Waals surface area contributed by atoms with Gasteiger partial charge in [-0.05, 0) is 30.9 Å². The highest BCUT2D eigenvalue weighted by atomic mass is 35.5. The largest absolute Gasteiger partial charge is 0.356 e. The number of pyridine rings is 1. The van der Waals surface area contributed by atoms with Crippen molar-refractivity contribution >= 4 is 29.0 Å². The molecule has 1 fully saturated rings. The molecule has 1 aliphatic heterocycles. The summed E-state index contributed by atoms with van der Waals surface area (Å²) in [5, 5.41) is 0.685. The van der Waals surface area contributed by atoms with Crippen molar-refractivity contribution in [2.45, 2.75) is 12.8 Å². The van der Waals surface area contributed by atoms with E-state index >= 15 is 0 Å². The topological polar surface area (TPSA) is 16.1 Å². The highest BCUT2D eigenvalue weighted by molar-refractivity contribution is 6.30. The SMILES string of the molecule is ClCC1CCCN(c2ccc(Cl)cn2)C1. The highest BCUT2D eigenvalue weighted by Crippen LogP contribution is 2.22. The van der Waals surface area contributed by atoms with Crippen molar-refractivity contribution in [3.05, 3.63) is 23.4 Å². The lowest BCUT2D eigenvalue weighted by Gasteiger charge is -2.32. The third-order valence-corrected chi connectivity index (χ3v) is 3.43. The van der Waals surface area contributed by atoms with Crippen LogP contribution in [0.5, 0.6) is 0 Å². The molecule has 0 amide bonds. The van der Waals surface area contributed by atoms with Crippen molar-refractivity contribution in [1.82, 2.24) is 4.98 Å². The molecular weight excluding hydrogens is 231 g/mol. The lowest BCUT2D eigenvalue weighted by Crippen LogP contribution is -2.36. The first-order valence-electron chi connectivity index (χ1n) is 5.22. The molecule has 0 N–H and O–H groups in total. The molecule has 1 atom stereocenters. The van der Waals surface area contributed by atoms with Gasteiger partial charge in [-0.1, -0.05) is 11.6 Å². The van der Waals surface area contributed by atoms with E-state index in [1.807, 2.05) is 12.1 Å². The van der Waals surface area contributed by atoms with E-state index in [1.54, 1.807) is 6.20 Å². The Morgan fingerprint density at radius 3 is 3.00 bits per heavy atom. The standard InChI is InChI=1S/C11H14Cl2N2/c12-6-9-2-1-5-15(8-9)11-4-3-10(13)7-14-11/h3-4,7,9H,1-2,5-6,8H2. The van der Waals surface area contributed by atoms with Gasteiger partial charge in [-0.3, -0.25) is 0 Å². The van der Waals surface area contributed by atoms with Crippen molar-refractivity contribution in [2.75, 3.05) is 23.9 Å². The first-order valence-corrected chi connectivity index (χ1v) is 6.13. The Morgan fingerprint density at radius 1 is 1.47 bits per heavy atom. The Labute approximate surface area is 100 Å². The van der Waals surface area contributed by atoms with E-state index in [9.17, 15) is 0 Å². The van der Waals surface area contributed by atoms with Crippen molar-refractivity contribution in [3.8, 4) is 0 Å². The highest BCUT2D eigenvalue weighted by Gasteiger charge is 2.19. The smallest absolute Gasteiger partial charge is 0.128 e. The van der Waals surface area contributed by atoms with E-state index < -0.39 is 0 Å². The molecule has 0 radical (unpaired) electrons. The molecule has 1 unspecified atom stereocenters. The summed E-state index contributed by atoms with van der Waals surface area (Å²) in [6.45, 7) is 2.08. The van der Waals surface area contributed by atoms with Gasteiger partial charge in [0.25, 0.3) is 0 Å². The predicted molar refractivity (Wildman–Crippen MR) is 64.9 cm³/mol. The monoisotopic (exact) mass is 244 g/mol. The first kappa shape index (κ1) is 11.0. The second-order valence-corrected chi connectivity index (χ2v) is 4.69. The minimum absolute atomic E-state index is 0.595. The average molecular weight is 245 g/mol. The molecule has 0 spiro atoms. The lowest BCUT2D eigenvalue weighted by molar-refractivity contribution is 0.449. The summed E-state index contributed by atoms with van der Waals surface area (Å²) in [7, 11) is 0. The van der Waals surface area contributed by atoms with Gasteiger partial charge in [-0.15, -0.1) is 11.6 Å². The number of aromatic nitrogens is 1. The van der Waals surface area contributed by atoms with Crippen LogP contribution in [0.2, 0.25) is 5.02 Å². The summed E-state index contributed by atoms with van der Waals surface area (Å²) in [4.78, 5) is 6.61. The minimum Gasteiger partial charge on any atom is -0.356 e. The molecule has 0 aliphatic carbocycles. The van der Waals surface area contributed by atoms with Gasteiger partial charge >= 0.3 is 0 Å². The third-order valence-electron chi connectivity index (χ3n) is 2.77. The summed E-state index contributed by atoms with van der Waals surface area (Å²) in [5.41, 5.74) is 0. The fourth-order valence-corrected chi connectivity index (χ4v) is 2.32. The van der Waals surface area contributed by atoms with Gasteiger partial charge < -0.3 is 4.90 Å². The number of nitrogens with zero attached hydrogens (tertiary/aromatic N) is 2. The number of anilines is 1. The van der Waals surface area contributed by atoms with E-state index in [-0.39, 0.29) is 0 Å². The molecule has 0 bridgehead atoms. The molecule has 1 aromatic rings. The van der Waals surface area contributed by atoms with Crippen LogP contribution in [0.1, 0.15) is 12.8 Å². The van der Waals surface area contributed by atoms with Crippen molar-refractivity contribution in [2.24, 2.45) is 5.92 Å². The van der Waals surface area contributed by atoms with Gasteiger partial charge in [-0.25, -0.2) is 4.98 Å². The van der Waals surface area contributed by atoms with Crippen LogP contribution in [0.15, 0.2) is 18.3 Å². The van der Waals surface area contributed by atoms with Crippen LogP contribution in [0.4, 0.5) is 5.82 Å². The van der Waals surface area contributed by atoms with Crippen molar-refractivity contribution in [1.29, 1.82) is 0 Å². The maximum atomic E-state index is 5.89. The van der Waals surface area contributed by atoms with Gasteiger partial charge in [0.05, 0.1) is 5.02 Å². The normalized spacial score (nSPS) is 21.7. The molecule has 1 aromatic heterocycles. The second-order valence-electron chi connectivity index (χ2n) is 3.94. The van der Waals surface area contributed by atoms with Crippen LogP contribution in [0, 0.1) is 5.92 Å². The van der Waals surface area contributed by atoms with Gasteiger partial charge in [0.2, 0.25) is 0 Å². The molecular formula is C11H14Cl2N2. The minimum atomic E-state index is 0.595. The molecule has 0 saturated carbocycles. The zero-order valence-electron chi connectivity index (χ0n) is 8.50. The fraction of sp³-hybridized carbons (Fsp3) is 0.545. The van der Waals surface area contributed by atoms with Crippen LogP contribution in [-0.4, -0.2) is 24.0 Å². The molecule has 2 heterocycles. The molecule has 15 heavy (non-hydrogen) atoms. The number of piperidine rings is 1. The summed E-state index contributed by atoms with van der Waals surface area (Å²) in [6.07, 6.45) is 4.12. The van der Waals surface area contributed by atoms with Crippen LogP contribution >= 0.6 is 23.2 Å². The number of hydrogen-bond donors (Lipinski definition) is 0. The number of hydrogen-bond acceptors (Lipinski definition) is 2. The Balaban J connectivity index is 2.06. The van der Waals surface area contributed by atoms with E-state index in [1.165, 1.54) is 12.8 Å². The van der Waals surface area contributed by atoms with Gasteiger partial charge in [0.1, 0.15) is 5.82 Å². The van der Waals surface area contributed by atoms with Crippen LogP contribution in [-0.2, 0) is 0 Å². The third kappa shape index (κ3) is 2.76. The Morgan fingerprint density at radius 2 is 2.33 bits per heavy atom.